The first kappa shape index (κ1) is 20.6. The van der Waals surface area contributed by atoms with Gasteiger partial charge in [0.1, 0.15) is 4.90 Å². The minimum Gasteiger partial charge on any atom is -0.349 e. The van der Waals surface area contributed by atoms with Gasteiger partial charge in [0.2, 0.25) is 10.0 Å². The van der Waals surface area contributed by atoms with Crippen LogP contribution in [0.5, 0.6) is 0 Å². The monoisotopic (exact) mass is 412 g/mol. The van der Waals surface area contributed by atoms with Crippen LogP contribution in [0.3, 0.4) is 0 Å². The zero-order valence-corrected chi connectivity index (χ0v) is 17.3. The highest BCUT2D eigenvalue weighted by molar-refractivity contribution is 7.89. The van der Waals surface area contributed by atoms with E-state index in [2.05, 4.69) is 5.32 Å². The van der Waals surface area contributed by atoms with Gasteiger partial charge in [-0.2, -0.15) is 4.31 Å². The van der Waals surface area contributed by atoms with Crippen molar-refractivity contribution in [3.8, 4) is 0 Å². The van der Waals surface area contributed by atoms with Crippen LogP contribution in [0, 0.1) is 0 Å². The first-order chi connectivity index (χ1) is 13.0. The third-order valence-electron chi connectivity index (χ3n) is 5.57. The first-order valence-electron chi connectivity index (χ1n) is 10.1. The molecule has 0 bridgehead atoms. The van der Waals surface area contributed by atoms with Gasteiger partial charge in [0.25, 0.3) is 5.91 Å². The SMILES string of the molecule is O=C(NC1CCCCCCC1)c1ccc(Cl)c(S(=O)(=O)N2CCCCC2)c1. The molecule has 27 heavy (non-hydrogen) atoms. The second-order valence-electron chi connectivity index (χ2n) is 7.63. The van der Waals surface area contributed by atoms with Crippen molar-refractivity contribution in [2.75, 3.05) is 13.1 Å². The van der Waals surface area contributed by atoms with Gasteiger partial charge in [-0.05, 0) is 43.9 Å². The molecule has 2 aliphatic rings. The minimum absolute atomic E-state index is 0.0383. The van der Waals surface area contributed by atoms with Crippen molar-refractivity contribution in [3.05, 3.63) is 28.8 Å². The largest absolute Gasteiger partial charge is 0.349 e. The summed E-state index contributed by atoms with van der Waals surface area (Å²) in [7, 11) is -3.67. The molecule has 1 N–H and O–H groups in total. The molecule has 1 aliphatic heterocycles. The fourth-order valence-electron chi connectivity index (χ4n) is 3.96. The number of carbonyl (C=O) groups is 1. The van der Waals surface area contributed by atoms with Crippen LogP contribution in [0.25, 0.3) is 0 Å². The maximum atomic E-state index is 13.0. The fraction of sp³-hybridized carbons (Fsp3) is 0.650. The maximum absolute atomic E-state index is 13.0. The van der Waals surface area contributed by atoms with E-state index in [0.717, 1.165) is 44.9 Å². The van der Waals surface area contributed by atoms with Crippen LogP contribution in [-0.4, -0.2) is 37.8 Å². The van der Waals surface area contributed by atoms with Crippen molar-refractivity contribution in [2.24, 2.45) is 0 Å². The molecule has 1 heterocycles. The Hall–Kier alpha value is -1.11. The van der Waals surface area contributed by atoms with Gasteiger partial charge in [-0.1, -0.05) is 50.1 Å². The Morgan fingerprint density at radius 2 is 1.56 bits per heavy atom. The summed E-state index contributed by atoms with van der Waals surface area (Å²) in [6.07, 6.45) is 10.7. The van der Waals surface area contributed by atoms with Crippen molar-refractivity contribution in [2.45, 2.75) is 75.1 Å². The molecule has 1 aromatic rings. The molecule has 3 rings (SSSR count). The van der Waals surface area contributed by atoms with Gasteiger partial charge in [-0.25, -0.2) is 8.42 Å². The van der Waals surface area contributed by atoms with Gasteiger partial charge in [0, 0.05) is 24.7 Å². The summed E-state index contributed by atoms with van der Waals surface area (Å²) in [4.78, 5) is 12.8. The molecule has 0 atom stereocenters. The normalized spacial score (nSPS) is 20.6. The fourth-order valence-corrected chi connectivity index (χ4v) is 5.97. The molecule has 0 radical (unpaired) electrons. The van der Waals surface area contributed by atoms with Crippen molar-refractivity contribution in [3.63, 3.8) is 0 Å². The van der Waals surface area contributed by atoms with E-state index in [1.807, 2.05) is 0 Å². The molecule has 2 fully saturated rings. The second kappa shape index (κ2) is 9.39. The van der Waals surface area contributed by atoms with E-state index >= 15 is 0 Å². The molecule has 1 saturated carbocycles. The van der Waals surface area contributed by atoms with Gasteiger partial charge >= 0.3 is 0 Å². The maximum Gasteiger partial charge on any atom is 0.251 e. The van der Waals surface area contributed by atoms with Gasteiger partial charge < -0.3 is 5.32 Å². The summed E-state index contributed by atoms with van der Waals surface area (Å²) in [5.41, 5.74) is 0.358. The lowest BCUT2D eigenvalue weighted by Crippen LogP contribution is -2.37. The lowest BCUT2D eigenvalue weighted by atomic mass is 9.96. The Labute approximate surface area is 167 Å². The number of rotatable bonds is 4. The van der Waals surface area contributed by atoms with E-state index in [-0.39, 0.29) is 21.9 Å². The predicted molar refractivity (Wildman–Crippen MR) is 108 cm³/mol. The number of nitrogens with zero attached hydrogens (tertiary/aromatic N) is 1. The third kappa shape index (κ3) is 5.24. The van der Waals surface area contributed by atoms with Gasteiger partial charge in [-0.3, -0.25) is 4.79 Å². The highest BCUT2D eigenvalue weighted by atomic mass is 35.5. The third-order valence-corrected chi connectivity index (χ3v) is 7.95. The number of amides is 1. The van der Waals surface area contributed by atoms with Crippen LogP contribution in [0.1, 0.15) is 74.6 Å². The number of sulfonamides is 1. The van der Waals surface area contributed by atoms with Gasteiger partial charge in [0.15, 0.2) is 0 Å². The standard InChI is InChI=1S/C20H29ClN2O3S/c21-18-12-11-16(20(24)22-17-9-5-2-1-3-6-10-17)15-19(18)27(25,26)23-13-7-4-8-14-23/h11-12,15,17H,1-10,13-14H2,(H,22,24). The molecule has 1 aliphatic carbocycles. The molecular weight excluding hydrogens is 384 g/mol. The van der Waals surface area contributed by atoms with E-state index in [1.54, 1.807) is 6.07 Å². The topological polar surface area (TPSA) is 66.5 Å². The Bertz CT molecular complexity index is 752. The minimum atomic E-state index is -3.67. The van der Waals surface area contributed by atoms with E-state index in [0.29, 0.717) is 18.7 Å². The van der Waals surface area contributed by atoms with E-state index < -0.39 is 10.0 Å². The van der Waals surface area contributed by atoms with Crippen LogP contribution in [0.4, 0.5) is 0 Å². The van der Waals surface area contributed by atoms with Crippen LogP contribution in [0.15, 0.2) is 23.1 Å². The molecule has 1 amide bonds. The first-order valence-corrected chi connectivity index (χ1v) is 11.9. The molecule has 0 spiro atoms. The predicted octanol–water partition coefficient (Wildman–Crippen LogP) is 4.36. The smallest absolute Gasteiger partial charge is 0.251 e. The van der Waals surface area contributed by atoms with Crippen molar-refractivity contribution < 1.29 is 13.2 Å². The van der Waals surface area contributed by atoms with Crippen molar-refractivity contribution >= 4 is 27.5 Å². The van der Waals surface area contributed by atoms with E-state index in [9.17, 15) is 13.2 Å². The number of benzene rings is 1. The zero-order valence-electron chi connectivity index (χ0n) is 15.8. The molecule has 150 valence electrons. The number of carbonyl (C=O) groups excluding carboxylic acids is 1. The lowest BCUT2D eigenvalue weighted by molar-refractivity contribution is 0.0930. The average molecular weight is 413 g/mol. The Balaban J connectivity index is 1.76. The molecule has 0 aromatic heterocycles. The van der Waals surface area contributed by atoms with E-state index in [4.69, 9.17) is 11.6 Å². The summed E-state index contributed by atoms with van der Waals surface area (Å²) in [5.74, 6) is -0.215. The quantitative estimate of drug-likeness (QED) is 0.798. The average Bonchev–Trinajstić information content (AvgIpc) is 2.64. The number of hydrogen-bond donors (Lipinski definition) is 1. The summed E-state index contributed by atoms with van der Waals surface area (Å²) >= 11 is 6.20. The van der Waals surface area contributed by atoms with Crippen LogP contribution >= 0.6 is 11.6 Å². The van der Waals surface area contributed by atoms with Gasteiger partial charge in [-0.15, -0.1) is 0 Å². The lowest BCUT2D eigenvalue weighted by Gasteiger charge is -2.26. The molecule has 5 nitrogen and oxygen atoms in total. The number of hydrogen-bond acceptors (Lipinski definition) is 3. The molecule has 1 saturated heterocycles. The van der Waals surface area contributed by atoms with E-state index in [1.165, 1.54) is 35.7 Å². The van der Waals surface area contributed by atoms with Crippen LogP contribution in [0.2, 0.25) is 5.02 Å². The number of nitrogens with one attached hydrogen (secondary N) is 1. The summed E-state index contributed by atoms with van der Waals surface area (Å²) < 4.78 is 27.4. The second-order valence-corrected chi connectivity index (χ2v) is 9.94. The van der Waals surface area contributed by atoms with Crippen LogP contribution in [-0.2, 0) is 10.0 Å². The van der Waals surface area contributed by atoms with Gasteiger partial charge in [0.05, 0.1) is 5.02 Å². The van der Waals surface area contributed by atoms with Crippen molar-refractivity contribution in [1.29, 1.82) is 0 Å². The molecule has 7 heteroatoms. The highest BCUT2D eigenvalue weighted by Gasteiger charge is 2.29. The number of piperidine rings is 1. The highest BCUT2D eigenvalue weighted by Crippen LogP contribution is 2.28. The zero-order chi connectivity index (χ0) is 19.3. The summed E-state index contributed by atoms with van der Waals surface area (Å²) in [6.45, 7) is 1.02. The Morgan fingerprint density at radius 3 is 2.22 bits per heavy atom. The van der Waals surface area contributed by atoms with Crippen molar-refractivity contribution in [1.82, 2.24) is 9.62 Å². The summed E-state index contributed by atoms with van der Waals surface area (Å²) in [5, 5.41) is 3.26. The number of halogens is 1. The molecule has 1 aromatic carbocycles. The Morgan fingerprint density at radius 1 is 0.963 bits per heavy atom. The molecule has 0 unspecified atom stereocenters. The molecular formula is C20H29ClN2O3S. The van der Waals surface area contributed by atoms with Crippen LogP contribution < -0.4 is 5.32 Å². The Kier molecular flexibility index (Phi) is 7.17. The summed E-state index contributed by atoms with van der Waals surface area (Å²) in [6, 6.07) is 4.72.